The molecule has 8 heteroatoms. The van der Waals surface area contributed by atoms with Gasteiger partial charge in [0.25, 0.3) is 0 Å². The molecule has 0 aliphatic carbocycles. The summed E-state index contributed by atoms with van der Waals surface area (Å²) in [6, 6.07) is 6.06. The van der Waals surface area contributed by atoms with Gasteiger partial charge in [-0.05, 0) is 24.6 Å². The molecule has 0 spiro atoms. The van der Waals surface area contributed by atoms with E-state index >= 15 is 0 Å². The maximum Gasteiger partial charge on any atom is 0.338 e. The summed E-state index contributed by atoms with van der Waals surface area (Å²) < 4.78 is 10.3. The number of thioether (sulfide) groups is 1. The zero-order chi connectivity index (χ0) is 20.3. The minimum absolute atomic E-state index is 0.0625. The van der Waals surface area contributed by atoms with Crippen LogP contribution in [0.4, 0.5) is 0 Å². The third-order valence-electron chi connectivity index (χ3n) is 4.22. The number of aliphatic imine (C=N–C) groups is 1. The molecule has 1 saturated heterocycles. The van der Waals surface area contributed by atoms with Crippen LogP contribution in [0.5, 0.6) is 5.75 Å². The lowest BCUT2D eigenvalue weighted by atomic mass is 9.94. The molecule has 2 heterocycles. The SMILES string of the molecule is C=CCOC(=O)C1=C(C)N=C2SCCC(=O)N2C1c1ccc(OC(C)=O)cc1. The topological polar surface area (TPSA) is 85.3 Å². The number of carbonyl (C=O) groups is 3. The molecule has 1 unspecified atom stereocenters. The standard InChI is InChI=1S/C20H20N2O5S/c1-4-10-26-19(25)17-12(2)21-20-22(16(24)9-11-28-20)18(17)14-5-7-15(8-6-14)27-13(3)23/h4-8,18H,1,9-11H2,2-3H3. The second-order valence-corrected chi connectivity index (χ2v) is 7.27. The molecule has 146 valence electrons. The number of amides is 1. The third kappa shape index (κ3) is 4.01. The number of esters is 2. The summed E-state index contributed by atoms with van der Waals surface area (Å²) in [5, 5.41) is 0.572. The second-order valence-electron chi connectivity index (χ2n) is 6.21. The van der Waals surface area contributed by atoms with E-state index in [1.54, 1.807) is 36.1 Å². The first kappa shape index (κ1) is 19.9. The van der Waals surface area contributed by atoms with Crippen LogP contribution in [0.2, 0.25) is 0 Å². The third-order valence-corrected chi connectivity index (χ3v) is 5.17. The van der Waals surface area contributed by atoms with Crippen LogP contribution in [0.1, 0.15) is 31.9 Å². The Labute approximate surface area is 167 Å². The van der Waals surface area contributed by atoms with E-state index in [-0.39, 0.29) is 12.5 Å². The van der Waals surface area contributed by atoms with Crippen LogP contribution in [0, 0.1) is 0 Å². The minimum atomic E-state index is -0.656. The Morgan fingerprint density at radius 3 is 2.71 bits per heavy atom. The fraction of sp³-hybridized carbons (Fsp3) is 0.300. The summed E-state index contributed by atoms with van der Waals surface area (Å²) in [5.41, 5.74) is 1.52. The number of hydrogen-bond acceptors (Lipinski definition) is 7. The molecule has 0 bridgehead atoms. The fourth-order valence-electron chi connectivity index (χ4n) is 3.07. The van der Waals surface area contributed by atoms with Crippen molar-refractivity contribution >= 4 is 34.8 Å². The minimum Gasteiger partial charge on any atom is -0.458 e. The molecule has 1 aromatic rings. The molecular weight excluding hydrogens is 380 g/mol. The summed E-state index contributed by atoms with van der Waals surface area (Å²) in [4.78, 5) is 42.6. The number of fused-ring (bicyclic) bond motifs is 1. The molecule has 1 fully saturated rings. The smallest absolute Gasteiger partial charge is 0.338 e. The number of rotatable bonds is 5. The van der Waals surface area contributed by atoms with E-state index in [1.807, 2.05) is 0 Å². The van der Waals surface area contributed by atoms with E-state index in [4.69, 9.17) is 9.47 Å². The number of nitrogens with zero attached hydrogens (tertiary/aromatic N) is 2. The van der Waals surface area contributed by atoms with E-state index in [0.717, 1.165) is 0 Å². The van der Waals surface area contributed by atoms with Crippen molar-refractivity contribution in [3.63, 3.8) is 0 Å². The highest BCUT2D eigenvalue weighted by molar-refractivity contribution is 8.14. The van der Waals surface area contributed by atoms with Crippen LogP contribution < -0.4 is 4.74 Å². The van der Waals surface area contributed by atoms with Crippen molar-refractivity contribution in [3.8, 4) is 5.75 Å². The van der Waals surface area contributed by atoms with Crippen molar-refractivity contribution in [2.45, 2.75) is 26.3 Å². The summed E-state index contributed by atoms with van der Waals surface area (Å²) in [6.45, 7) is 6.67. The molecule has 3 rings (SSSR count). The molecule has 1 amide bonds. The zero-order valence-electron chi connectivity index (χ0n) is 15.6. The number of benzene rings is 1. The maximum absolute atomic E-state index is 12.7. The van der Waals surface area contributed by atoms with Crippen molar-refractivity contribution in [1.29, 1.82) is 0 Å². The van der Waals surface area contributed by atoms with E-state index in [1.165, 1.54) is 24.8 Å². The van der Waals surface area contributed by atoms with E-state index in [2.05, 4.69) is 11.6 Å². The average Bonchev–Trinajstić information content (AvgIpc) is 2.65. The molecule has 0 N–H and O–H groups in total. The van der Waals surface area contributed by atoms with Crippen molar-refractivity contribution in [2.75, 3.05) is 12.4 Å². The highest BCUT2D eigenvalue weighted by Crippen LogP contribution is 2.40. The van der Waals surface area contributed by atoms with Gasteiger partial charge < -0.3 is 9.47 Å². The lowest BCUT2D eigenvalue weighted by Crippen LogP contribution is -2.45. The van der Waals surface area contributed by atoms with Crippen molar-refractivity contribution in [3.05, 3.63) is 53.8 Å². The summed E-state index contributed by atoms with van der Waals surface area (Å²) in [5.74, 6) is -0.0372. The fourth-order valence-corrected chi connectivity index (χ4v) is 4.08. The quantitative estimate of drug-likeness (QED) is 0.429. The van der Waals surface area contributed by atoms with Crippen molar-refractivity contribution in [2.24, 2.45) is 4.99 Å². The van der Waals surface area contributed by atoms with Gasteiger partial charge >= 0.3 is 11.9 Å². The molecule has 2 aliphatic rings. The molecule has 0 aromatic heterocycles. The first-order valence-corrected chi connectivity index (χ1v) is 9.71. The van der Waals surface area contributed by atoms with Crippen LogP contribution in [0.3, 0.4) is 0 Å². The van der Waals surface area contributed by atoms with Crippen molar-refractivity contribution in [1.82, 2.24) is 4.90 Å². The highest BCUT2D eigenvalue weighted by atomic mass is 32.2. The number of hydrogen-bond donors (Lipinski definition) is 0. The number of amidine groups is 1. The van der Waals surface area contributed by atoms with Gasteiger partial charge in [-0.1, -0.05) is 36.5 Å². The molecule has 2 aliphatic heterocycles. The summed E-state index contributed by atoms with van der Waals surface area (Å²) in [7, 11) is 0. The van der Waals surface area contributed by atoms with Gasteiger partial charge in [-0.15, -0.1) is 0 Å². The molecular formula is C20H20N2O5S. The molecule has 28 heavy (non-hydrogen) atoms. The van der Waals surface area contributed by atoms with Gasteiger partial charge in [0.05, 0.1) is 17.3 Å². The Bertz CT molecular complexity index is 888. The molecule has 0 radical (unpaired) electrons. The Morgan fingerprint density at radius 2 is 2.07 bits per heavy atom. The largest absolute Gasteiger partial charge is 0.458 e. The van der Waals surface area contributed by atoms with Gasteiger partial charge in [0.15, 0.2) is 5.17 Å². The molecule has 1 atom stereocenters. The lowest BCUT2D eigenvalue weighted by molar-refractivity contribution is -0.139. The lowest BCUT2D eigenvalue weighted by Gasteiger charge is -2.38. The Balaban J connectivity index is 2.05. The Hall–Kier alpha value is -2.87. The Morgan fingerprint density at radius 1 is 1.36 bits per heavy atom. The van der Waals surface area contributed by atoms with Gasteiger partial charge in [-0.2, -0.15) is 0 Å². The molecule has 0 saturated carbocycles. The predicted octanol–water partition coefficient (Wildman–Crippen LogP) is 2.99. The van der Waals surface area contributed by atoms with Crippen LogP contribution >= 0.6 is 11.8 Å². The molecule has 1 aromatic carbocycles. The van der Waals surface area contributed by atoms with Crippen molar-refractivity contribution < 1.29 is 23.9 Å². The van der Waals surface area contributed by atoms with E-state index in [0.29, 0.717) is 39.9 Å². The maximum atomic E-state index is 12.7. The van der Waals surface area contributed by atoms with Gasteiger partial charge in [-0.3, -0.25) is 14.5 Å². The normalized spacial score (nSPS) is 18.9. The van der Waals surface area contributed by atoms with Crippen LogP contribution in [-0.2, 0) is 19.1 Å². The van der Waals surface area contributed by atoms with Gasteiger partial charge in [0, 0.05) is 19.1 Å². The van der Waals surface area contributed by atoms with E-state index in [9.17, 15) is 14.4 Å². The monoisotopic (exact) mass is 400 g/mol. The van der Waals surface area contributed by atoms with Gasteiger partial charge in [0.1, 0.15) is 12.4 Å². The zero-order valence-corrected chi connectivity index (χ0v) is 16.5. The van der Waals surface area contributed by atoms with Gasteiger partial charge in [-0.25, -0.2) is 9.79 Å². The number of carbonyl (C=O) groups excluding carboxylic acids is 3. The first-order valence-electron chi connectivity index (χ1n) is 8.73. The average molecular weight is 400 g/mol. The van der Waals surface area contributed by atoms with Crippen LogP contribution in [0.25, 0.3) is 0 Å². The van der Waals surface area contributed by atoms with Gasteiger partial charge in [0.2, 0.25) is 5.91 Å². The molecule has 7 nitrogen and oxygen atoms in total. The first-order chi connectivity index (χ1) is 13.4. The summed E-state index contributed by atoms with van der Waals surface area (Å²) in [6.07, 6.45) is 1.84. The van der Waals surface area contributed by atoms with Crippen LogP contribution in [-0.4, -0.2) is 40.3 Å². The van der Waals surface area contributed by atoms with E-state index < -0.39 is 18.0 Å². The Kier molecular flexibility index (Phi) is 5.99. The second kappa shape index (κ2) is 8.43. The summed E-state index contributed by atoms with van der Waals surface area (Å²) >= 11 is 1.48. The predicted molar refractivity (Wildman–Crippen MR) is 106 cm³/mol. The highest BCUT2D eigenvalue weighted by Gasteiger charge is 2.41. The van der Waals surface area contributed by atoms with Crippen LogP contribution in [0.15, 0.2) is 53.2 Å². The number of allylic oxidation sites excluding steroid dienone is 1. The number of ether oxygens (including phenoxy) is 2.